The van der Waals surface area contributed by atoms with Crippen LogP contribution in [0, 0.1) is 0 Å². The fourth-order valence-electron chi connectivity index (χ4n) is 3.03. The third-order valence-corrected chi connectivity index (χ3v) is 8.07. The van der Waals surface area contributed by atoms with E-state index in [9.17, 15) is 13.2 Å². The summed E-state index contributed by atoms with van der Waals surface area (Å²) in [6, 6.07) is 16.4. The number of nitrogens with one attached hydrogen (secondary N) is 1. The summed E-state index contributed by atoms with van der Waals surface area (Å²) in [5.41, 5.74) is 2.52. The molecule has 0 radical (unpaired) electrons. The van der Waals surface area contributed by atoms with Crippen molar-refractivity contribution in [2.75, 3.05) is 23.7 Å². The minimum Gasteiger partial charge on any atom is -0.379 e. The van der Waals surface area contributed by atoms with Gasteiger partial charge in [0, 0.05) is 11.1 Å². The number of carbonyl (C=O) groups is 1. The Bertz CT molecular complexity index is 1110. The second-order valence-corrected chi connectivity index (χ2v) is 10.6. The van der Waals surface area contributed by atoms with Crippen molar-refractivity contribution in [3.63, 3.8) is 0 Å². The second kappa shape index (κ2) is 9.30. The predicted molar refractivity (Wildman–Crippen MR) is 121 cm³/mol. The SMILES string of the molecule is O=C(Cc1csc(NS(=O)(=O)c2ccc(-c3ccccc3)cc2)n1)C1COCCS1. The zero-order valence-corrected chi connectivity index (χ0v) is 18.4. The zero-order valence-electron chi connectivity index (χ0n) is 16.0. The maximum Gasteiger partial charge on any atom is 0.263 e. The summed E-state index contributed by atoms with van der Waals surface area (Å²) in [4.78, 5) is 16.8. The van der Waals surface area contributed by atoms with Gasteiger partial charge in [-0.25, -0.2) is 13.4 Å². The Morgan fingerprint density at radius 1 is 1.10 bits per heavy atom. The van der Waals surface area contributed by atoms with Gasteiger partial charge in [-0.2, -0.15) is 0 Å². The van der Waals surface area contributed by atoms with E-state index in [1.807, 2.05) is 30.3 Å². The molecule has 1 unspecified atom stereocenters. The van der Waals surface area contributed by atoms with Crippen LogP contribution in [0.5, 0.6) is 0 Å². The van der Waals surface area contributed by atoms with Crippen LogP contribution >= 0.6 is 23.1 Å². The number of thiazole rings is 1. The summed E-state index contributed by atoms with van der Waals surface area (Å²) < 4.78 is 33.2. The van der Waals surface area contributed by atoms with Gasteiger partial charge in [0.15, 0.2) is 10.9 Å². The molecule has 0 amide bonds. The number of thioether (sulfide) groups is 1. The third kappa shape index (κ3) is 5.10. The number of nitrogens with zero attached hydrogens (tertiary/aromatic N) is 1. The number of aromatic nitrogens is 1. The van der Waals surface area contributed by atoms with Crippen molar-refractivity contribution in [1.29, 1.82) is 0 Å². The lowest BCUT2D eigenvalue weighted by molar-refractivity contribution is -0.119. The highest BCUT2D eigenvalue weighted by Crippen LogP contribution is 2.25. The molecule has 30 heavy (non-hydrogen) atoms. The van der Waals surface area contributed by atoms with E-state index in [1.165, 1.54) is 11.3 Å². The highest BCUT2D eigenvalue weighted by Gasteiger charge is 2.23. The highest BCUT2D eigenvalue weighted by atomic mass is 32.2. The number of anilines is 1. The number of benzene rings is 2. The summed E-state index contributed by atoms with van der Waals surface area (Å²) in [5, 5.41) is 1.78. The van der Waals surface area contributed by atoms with E-state index in [1.54, 1.807) is 41.4 Å². The van der Waals surface area contributed by atoms with Gasteiger partial charge < -0.3 is 4.74 Å². The van der Waals surface area contributed by atoms with Crippen molar-refractivity contribution in [3.8, 4) is 11.1 Å². The van der Waals surface area contributed by atoms with Gasteiger partial charge in [0.25, 0.3) is 10.0 Å². The molecule has 0 spiro atoms. The van der Waals surface area contributed by atoms with Gasteiger partial charge >= 0.3 is 0 Å². The fourth-order valence-corrected chi connectivity index (χ4v) is 5.96. The molecule has 156 valence electrons. The number of ether oxygens (including phenoxy) is 1. The standard InChI is InChI=1S/C21H20N2O4S3/c24-19(20-13-27-10-11-28-20)12-17-14-29-21(22-17)23-30(25,26)18-8-6-16(7-9-18)15-4-2-1-3-5-15/h1-9,14,20H,10-13H2,(H,22,23). The van der Waals surface area contributed by atoms with Crippen LogP contribution in [0.1, 0.15) is 5.69 Å². The molecule has 1 aliphatic rings. The minimum absolute atomic E-state index is 0.0518. The molecular weight excluding hydrogens is 440 g/mol. The van der Waals surface area contributed by atoms with E-state index in [2.05, 4.69) is 9.71 Å². The highest BCUT2D eigenvalue weighted by molar-refractivity contribution is 8.00. The molecule has 4 rings (SSSR count). The number of hydrogen-bond donors (Lipinski definition) is 1. The summed E-state index contributed by atoms with van der Waals surface area (Å²) in [6.07, 6.45) is 0.172. The van der Waals surface area contributed by atoms with Crippen molar-refractivity contribution >= 4 is 44.0 Å². The zero-order chi connectivity index (χ0) is 21.0. The molecule has 1 N–H and O–H groups in total. The Labute approximate surface area is 183 Å². The summed E-state index contributed by atoms with van der Waals surface area (Å²) >= 11 is 2.76. The minimum atomic E-state index is -3.76. The fraction of sp³-hybridized carbons (Fsp3) is 0.238. The van der Waals surface area contributed by atoms with Gasteiger partial charge in [0.2, 0.25) is 0 Å². The first-order chi connectivity index (χ1) is 14.5. The molecular formula is C21H20N2O4S3. The van der Waals surface area contributed by atoms with Crippen LogP contribution < -0.4 is 4.72 Å². The average molecular weight is 461 g/mol. The molecule has 3 aromatic rings. The van der Waals surface area contributed by atoms with E-state index in [0.29, 0.717) is 18.9 Å². The van der Waals surface area contributed by atoms with E-state index in [-0.39, 0.29) is 27.5 Å². The monoisotopic (exact) mass is 460 g/mol. The molecule has 1 aromatic heterocycles. The van der Waals surface area contributed by atoms with Gasteiger partial charge in [-0.05, 0) is 23.3 Å². The van der Waals surface area contributed by atoms with Crippen LogP contribution in [0.15, 0.2) is 64.9 Å². The molecule has 9 heteroatoms. The Morgan fingerprint density at radius 3 is 2.53 bits per heavy atom. The summed E-state index contributed by atoms with van der Waals surface area (Å²) in [6.45, 7) is 1.09. The molecule has 0 bridgehead atoms. The van der Waals surface area contributed by atoms with Crippen LogP contribution in [0.2, 0.25) is 0 Å². The van der Waals surface area contributed by atoms with Crippen LogP contribution in [0.4, 0.5) is 5.13 Å². The maximum atomic E-state index is 12.7. The van der Waals surface area contributed by atoms with E-state index in [4.69, 9.17) is 4.74 Å². The number of carbonyl (C=O) groups excluding carboxylic acids is 1. The quantitative estimate of drug-likeness (QED) is 0.576. The first-order valence-corrected chi connectivity index (χ1v) is 12.8. The molecule has 2 heterocycles. The smallest absolute Gasteiger partial charge is 0.263 e. The Hall–Kier alpha value is -2.20. The van der Waals surface area contributed by atoms with Crippen LogP contribution in [0.25, 0.3) is 11.1 Å². The van der Waals surface area contributed by atoms with Crippen molar-refractivity contribution in [2.24, 2.45) is 0 Å². The van der Waals surface area contributed by atoms with Crippen molar-refractivity contribution < 1.29 is 17.9 Å². The second-order valence-electron chi connectivity index (χ2n) is 6.72. The van der Waals surface area contributed by atoms with Crippen LogP contribution in [-0.2, 0) is 26.0 Å². The lowest BCUT2D eigenvalue weighted by Crippen LogP contribution is -2.29. The van der Waals surface area contributed by atoms with E-state index in [0.717, 1.165) is 16.9 Å². The summed E-state index contributed by atoms with van der Waals surface area (Å²) in [7, 11) is -3.76. The third-order valence-electron chi connectivity index (χ3n) is 4.58. The summed E-state index contributed by atoms with van der Waals surface area (Å²) in [5.74, 6) is 0.859. The topological polar surface area (TPSA) is 85.4 Å². The van der Waals surface area contributed by atoms with E-state index < -0.39 is 10.0 Å². The Kier molecular flexibility index (Phi) is 6.52. The van der Waals surface area contributed by atoms with Crippen molar-refractivity contribution in [2.45, 2.75) is 16.6 Å². The molecule has 0 saturated carbocycles. The number of hydrogen-bond acceptors (Lipinski definition) is 7. The van der Waals surface area contributed by atoms with Crippen molar-refractivity contribution in [1.82, 2.24) is 4.98 Å². The molecule has 2 aromatic carbocycles. The van der Waals surface area contributed by atoms with Crippen LogP contribution in [0.3, 0.4) is 0 Å². The Balaban J connectivity index is 1.41. The lowest BCUT2D eigenvalue weighted by Gasteiger charge is -2.19. The van der Waals surface area contributed by atoms with Gasteiger partial charge in [-0.15, -0.1) is 23.1 Å². The number of ketones is 1. The van der Waals surface area contributed by atoms with Crippen molar-refractivity contribution in [3.05, 3.63) is 65.7 Å². The molecule has 1 aliphatic heterocycles. The molecule has 6 nitrogen and oxygen atoms in total. The van der Waals surface area contributed by atoms with Gasteiger partial charge in [-0.3, -0.25) is 9.52 Å². The predicted octanol–water partition coefficient (Wildman–Crippen LogP) is 3.85. The average Bonchev–Trinajstić information content (AvgIpc) is 3.21. The molecule has 1 saturated heterocycles. The molecule has 1 atom stereocenters. The number of sulfonamides is 1. The van der Waals surface area contributed by atoms with Crippen LogP contribution in [-0.4, -0.2) is 43.4 Å². The number of rotatable bonds is 7. The lowest BCUT2D eigenvalue weighted by atomic mass is 10.1. The van der Waals surface area contributed by atoms with Gasteiger partial charge in [-0.1, -0.05) is 42.5 Å². The largest absolute Gasteiger partial charge is 0.379 e. The Morgan fingerprint density at radius 2 is 1.83 bits per heavy atom. The first-order valence-electron chi connectivity index (χ1n) is 9.36. The van der Waals surface area contributed by atoms with E-state index >= 15 is 0 Å². The number of Topliss-reactive ketones (excluding diaryl/α,β-unsaturated/α-hetero) is 1. The van der Waals surface area contributed by atoms with Gasteiger partial charge in [0.1, 0.15) is 0 Å². The maximum absolute atomic E-state index is 12.7. The molecule has 0 aliphatic carbocycles. The first kappa shape index (κ1) is 21.0. The normalized spacial score (nSPS) is 16.9. The van der Waals surface area contributed by atoms with Gasteiger partial charge in [0.05, 0.1) is 35.5 Å². The molecule has 1 fully saturated rings.